The maximum atomic E-state index is 10.5. The van der Waals surface area contributed by atoms with Crippen molar-refractivity contribution in [1.82, 2.24) is 0 Å². The Kier molecular flexibility index (Phi) is 6.10. The van der Waals surface area contributed by atoms with Gasteiger partial charge in [0.2, 0.25) is 0 Å². The molecule has 0 aliphatic heterocycles. The summed E-state index contributed by atoms with van der Waals surface area (Å²) in [6.45, 7) is 3.76. The summed E-state index contributed by atoms with van der Waals surface area (Å²) in [6, 6.07) is 15.5. The minimum atomic E-state index is -0.605. The zero-order valence-corrected chi connectivity index (χ0v) is 13.8. The second-order valence-electron chi connectivity index (χ2n) is 5.11. The molecule has 0 aliphatic carbocycles. The first-order chi connectivity index (χ1) is 10.7. The van der Waals surface area contributed by atoms with Crippen LogP contribution in [0.5, 0.6) is 5.75 Å². The number of halogens is 1. The maximum Gasteiger partial charge on any atom is 0.124 e. The van der Waals surface area contributed by atoms with Crippen molar-refractivity contribution in [1.29, 1.82) is 0 Å². The number of nitrogens with zero attached hydrogens (tertiary/aromatic N) is 1. The van der Waals surface area contributed by atoms with E-state index in [4.69, 9.17) is 16.3 Å². The monoisotopic (exact) mass is 319 g/mol. The van der Waals surface area contributed by atoms with E-state index in [1.54, 1.807) is 25.3 Å². The Morgan fingerprint density at radius 2 is 1.91 bits per heavy atom. The average Bonchev–Trinajstić information content (AvgIpc) is 2.56. The third-order valence-electron chi connectivity index (χ3n) is 3.73. The first-order valence-electron chi connectivity index (χ1n) is 7.47. The summed E-state index contributed by atoms with van der Waals surface area (Å²) in [6.07, 6.45) is 0.00538. The highest BCUT2D eigenvalue weighted by Crippen LogP contribution is 2.30. The molecule has 0 aliphatic rings. The van der Waals surface area contributed by atoms with Crippen LogP contribution in [0.4, 0.5) is 5.69 Å². The van der Waals surface area contributed by atoms with Crippen molar-refractivity contribution < 1.29 is 9.84 Å². The molecule has 0 aromatic heterocycles. The Labute approximate surface area is 137 Å². The van der Waals surface area contributed by atoms with E-state index in [1.165, 1.54) is 0 Å². The van der Waals surface area contributed by atoms with Gasteiger partial charge in [0.25, 0.3) is 0 Å². The number of methoxy groups -OCH3 is 1. The predicted octanol–water partition coefficient (Wildman–Crippen LogP) is 4.30. The average molecular weight is 320 g/mol. The molecule has 118 valence electrons. The molecule has 3 nitrogen and oxygen atoms in total. The molecule has 2 aromatic rings. The van der Waals surface area contributed by atoms with Gasteiger partial charge in [0.1, 0.15) is 5.75 Å². The number of anilines is 1. The van der Waals surface area contributed by atoms with Crippen LogP contribution in [0.3, 0.4) is 0 Å². The van der Waals surface area contributed by atoms with Crippen molar-refractivity contribution >= 4 is 17.3 Å². The Morgan fingerprint density at radius 3 is 2.55 bits per heavy atom. The Morgan fingerprint density at radius 1 is 1.18 bits per heavy atom. The number of rotatable bonds is 7. The molecule has 2 rings (SSSR count). The molecule has 1 atom stereocenters. The van der Waals surface area contributed by atoms with Gasteiger partial charge in [-0.05, 0) is 43.7 Å². The van der Waals surface area contributed by atoms with Gasteiger partial charge in [-0.25, -0.2) is 0 Å². The van der Waals surface area contributed by atoms with Gasteiger partial charge in [-0.2, -0.15) is 0 Å². The molecule has 0 heterocycles. The summed E-state index contributed by atoms with van der Waals surface area (Å²) in [5, 5.41) is 11.1. The van der Waals surface area contributed by atoms with Crippen LogP contribution in [0.2, 0.25) is 5.02 Å². The highest BCUT2D eigenvalue weighted by Gasteiger charge is 2.15. The van der Waals surface area contributed by atoms with Crippen LogP contribution < -0.4 is 9.64 Å². The summed E-state index contributed by atoms with van der Waals surface area (Å²) in [4.78, 5) is 2.24. The molecule has 22 heavy (non-hydrogen) atoms. The van der Waals surface area contributed by atoms with Crippen LogP contribution >= 0.6 is 11.6 Å². The lowest BCUT2D eigenvalue weighted by molar-refractivity contribution is 0.165. The highest BCUT2D eigenvalue weighted by atomic mass is 35.5. The number of para-hydroxylation sites is 1. The standard InChI is InChI=1S/C18H22ClNO2/c1-3-20(15-7-5-4-6-8-15)12-11-17(21)16-13-14(19)9-10-18(16)22-2/h4-10,13,17,21H,3,11-12H2,1-2H3. The van der Waals surface area contributed by atoms with Gasteiger partial charge in [-0.15, -0.1) is 0 Å². The molecule has 0 bridgehead atoms. The quantitative estimate of drug-likeness (QED) is 0.826. The molecular formula is C18H22ClNO2. The van der Waals surface area contributed by atoms with Gasteiger partial charge >= 0.3 is 0 Å². The van der Waals surface area contributed by atoms with Crippen molar-refractivity contribution in [2.45, 2.75) is 19.4 Å². The molecule has 0 saturated heterocycles. The van der Waals surface area contributed by atoms with Crippen LogP contribution in [0.1, 0.15) is 25.0 Å². The van der Waals surface area contributed by atoms with Crippen LogP contribution in [0, 0.1) is 0 Å². The molecule has 0 radical (unpaired) electrons. The number of ether oxygens (including phenoxy) is 1. The molecule has 1 N–H and O–H groups in total. The minimum Gasteiger partial charge on any atom is -0.496 e. The molecule has 4 heteroatoms. The number of hydrogen-bond acceptors (Lipinski definition) is 3. The Hall–Kier alpha value is -1.71. The van der Waals surface area contributed by atoms with Crippen molar-refractivity contribution in [2.75, 3.05) is 25.1 Å². The number of hydrogen-bond donors (Lipinski definition) is 1. The maximum absolute atomic E-state index is 10.5. The van der Waals surface area contributed by atoms with Gasteiger partial charge < -0.3 is 14.7 Å². The minimum absolute atomic E-state index is 0.602. The Bertz CT molecular complexity index is 589. The van der Waals surface area contributed by atoms with E-state index in [-0.39, 0.29) is 0 Å². The van der Waals surface area contributed by atoms with E-state index in [9.17, 15) is 5.11 Å². The third-order valence-corrected chi connectivity index (χ3v) is 3.96. The van der Waals surface area contributed by atoms with Crippen molar-refractivity contribution in [3.63, 3.8) is 0 Å². The highest BCUT2D eigenvalue weighted by molar-refractivity contribution is 6.30. The fourth-order valence-corrected chi connectivity index (χ4v) is 2.69. The zero-order valence-electron chi connectivity index (χ0n) is 13.0. The number of benzene rings is 2. The smallest absolute Gasteiger partial charge is 0.124 e. The van der Waals surface area contributed by atoms with Gasteiger partial charge in [0, 0.05) is 29.4 Å². The zero-order chi connectivity index (χ0) is 15.9. The second-order valence-corrected chi connectivity index (χ2v) is 5.54. The van der Waals surface area contributed by atoms with Crippen molar-refractivity contribution in [3.05, 3.63) is 59.1 Å². The van der Waals surface area contributed by atoms with E-state index >= 15 is 0 Å². The van der Waals surface area contributed by atoms with Crippen LogP contribution in [0.15, 0.2) is 48.5 Å². The molecule has 2 aromatic carbocycles. The molecular weight excluding hydrogens is 298 g/mol. The summed E-state index contributed by atoms with van der Waals surface area (Å²) in [5.74, 6) is 0.666. The molecule has 0 amide bonds. The summed E-state index contributed by atoms with van der Waals surface area (Å²) >= 11 is 6.03. The second kappa shape index (κ2) is 8.06. The summed E-state index contributed by atoms with van der Waals surface area (Å²) in [7, 11) is 1.60. The lowest BCUT2D eigenvalue weighted by Gasteiger charge is -2.25. The molecule has 0 fully saturated rings. The molecule has 1 unspecified atom stereocenters. The third kappa shape index (κ3) is 4.15. The van der Waals surface area contributed by atoms with Gasteiger partial charge in [0.15, 0.2) is 0 Å². The normalized spacial score (nSPS) is 12.0. The van der Waals surface area contributed by atoms with Gasteiger partial charge in [-0.1, -0.05) is 29.8 Å². The molecule has 0 saturated carbocycles. The van der Waals surface area contributed by atoms with E-state index in [0.717, 1.165) is 24.3 Å². The fraction of sp³-hybridized carbons (Fsp3) is 0.333. The van der Waals surface area contributed by atoms with Crippen LogP contribution in [-0.2, 0) is 0 Å². The predicted molar refractivity (Wildman–Crippen MR) is 91.9 cm³/mol. The number of aliphatic hydroxyl groups excluding tert-OH is 1. The number of aliphatic hydroxyl groups is 1. The fourth-order valence-electron chi connectivity index (χ4n) is 2.51. The summed E-state index contributed by atoms with van der Waals surface area (Å²) < 4.78 is 5.31. The van der Waals surface area contributed by atoms with Crippen molar-refractivity contribution in [2.24, 2.45) is 0 Å². The Balaban J connectivity index is 2.06. The van der Waals surface area contributed by atoms with E-state index < -0.39 is 6.10 Å². The lowest BCUT2D eigenvalue weighted by Crippen LogP contribution is -2.25. The van der Waals surface area contributed by atoms with Crippen LogP contribution in [0.25, 0.3) is 0 Å². The van der Waals surface area contributed by atoms with Crippen LogP contribution in [-0.4, -0.2) is 25.3 Å². The largest absolute Gasteiger partial charge is 0.496 e. The molecule has 0 spiro atoms. The SMILES string of the molecule is CCN(CCC(O)c1cc(Cl)ccc1OC)c1ccccc1. The summed E-state index contributed by atoms with van der Waals surface area (Å²) in [5.41, 5.74) is 1.90. The first kappa shape index (κ1) is 16.7. The van der Waals surface area contributed by atoms with Crippen molar-refractivity contribution in [3.8, 4) is 5.75 Å². The van der Waals surface area contributed by atoms with Gasteiger partial charge in [-0.3, -0.25) is 0 Å². The lowest BCUT2D eigenvalue weighted by atomic mass is 10.0. The van der Waals surface area contributed by atoms with Gasteiger partial charge in [0.05, 0.1) is 13.2 Å². The first-order valence-corrected chi connectivity index (χ1v) is 7.85. The van der Waals surface area contributed by atoms with E-state index in [2.05, 4.69) is 24.0 Å². The van der Waals surface area contributed by atoms with E-state index in [1.807, 2.05) is 18.2 Å². The topological polar surface area (TPSA) is 32.7 Å². The van der Waals surface area contributed by atoms with E-state index in [0.29, 0.717) is 17.2 Å².